The zero-order chi connectivity index (χ0) is 21.6. The van der Waals surface area contributed by atoms with Crippen LogP contribution in [0.4, 0.5) is 5.69 Å². The summed E-state index contributed by atoms with van der Waals surface area (Å²) in [5.41, 5.74) is 6.67. The van der Waals surface area contributed by atoms with E-state index in [1.807, 2.05) is 36.4 Å². The third kappa shape index (κ3) is 5.23. The van der Waals surface area contributed by atoms with Gasteiger partial charge >= 0.3 is 0 Å². The van der Waals surface area contributed by atoms with Gasteiger partial charge < -0.3 is 14.9 Å². The van der Waals surface area contributed by atoms with Gasteiger partial charge in [-0.25, -0.2) is 4.99 Å². The number of nitrogens with zero attached hydrogens (tertiary/aromatic N) is 2. The summed E-state index contributed by atoms with van der Waals surface area (Å²) in [5.74, 6) is 0.509. The van der Waals surface area contributed by atoms with Crippen LogP contribution in [0.25, 0.3) is 6.08 Å². The molecule has 1 aliphatic rings. The SMILES string of the molecule is NC(=O)COc1ccc(/C=C2\SC(=Nc3ccccc3)N(Cc3ccco3)C2=O)cc1. The van der Waals surface area contributed by atoms with Crippen LogP contribution in [-0.2, 0) is 16.1 Å². The number of thioether (sulfide) groups is 1. The zero-order valence-corrected chi connectivity index (χ0v) is 17.2. The number of ether oxygens (including phenoxy) is 1. The molecule has 0 spiro atoms. The van der Waals surface area contributed by atoms with Crippen molar-refractivity contribution in [2.24, 2.45) is 10.7 Å². The first kappa shape index (κ1) is 20.5. The maximum atomic E-state index is 13.1. The van der Waals surface area contributed by atoms with E-state index in [0.717, 1.165) is 11.3 Å². The number of hydrogen-bond donors (Lipinski definition) is 1. The summed E-state index contributed by atoms with van der Waals surface area (Å²) in [4.78, 5) is 30.8. The zero-order valence-electron chi connectivity index (χ0n) is 16.4. The van der Waals surface area contributed by atoms with Crippen LogP contribution < -0.4 is 10.5 Å². The number of amidine groups is 1. The first-order chi connectivity index (χ1) is 15.1. The van der Waals surface area contributed by atoms with Crippen LogP contribution in [0.1, 0.15) is 11.3 Å². The molecule has 2 aromatic carbocycles. The molecular formula is C23H19N3O4S. The van der Waals surface area contributed by atoms with Gasteiger partial charge in [-0.3, -0.25) is 14.5 Å². The standard InChI is InChI=1S/C23H19N3O4S/c24-21(27)15-30-18-10-8-16(9-11-18)13-20-22(28)26(14-19-7-4-12-29-19)23(31-20)25-17-5-2-1-3-6-17/h1-13H,14-15H2,(H2,24,27)/b20-13-,25-23?. The number of nitrogens with two attached hydrogens (primary N) is 1. The van der Waals surface area contributed by atoms with Crippen molar-refractivity contribution in [1.29, 1.82) is 0 Å². The van der Waals surface area contributed by atoms with Crippen LogP contribution in [0.2, 0.25) is 0 Å². The van der Waals surface area contributed by atoms with Crippen molar-refractivity contribution in [2.75, 3.05) is 6.61 Å². The van der Waals surface area contributed by atoms with Crippen LogP contribution in [-0.4, -0.2) is 28.5 Å². The fourth-order valence-electron chi connectivity index (χ4n) is 2.87. The van der Waals surface area contributed by atoms with Gasteiger partial charge in [0.25, 0.3) is 11.8 Å². The monoisotopic (exact) mass is 433 g/mol. The van der Waals surface area contributed by atoms with Crippen LogP contribution in [0.3, 0.4) is 0 Å². The molecule has 2 N–H and O–H groups in total. The summed E-state index contributed by atoms with van der Waals surface area (Å²) in [6.07, 6.45) is 3.38. The first-order valence-corrected chi connectivity index (χ1v) is 10.3. The van der Waals surface area contributed by atoms with E-state index in [4.69, 9.17) is 14.9 Å². The van der Waals surface area contributed by atoms with Gasteiger partial charge in [0.2, 0.25) is 0 Å². The molecule has 0 saturated carbocycles. The van der Waals surface area contributed by atoms with Gasteiger partial charge in [-0.05, 0) is 59.8 Å². The fraction of sp³-hybridized carbons (Fsp3) is 0.0870. The van der Waals surface area contributed by atoms with Crippen molar-refractivity contribution < 1.29 is 18.7 Å². The number of benzene rings is 2. The van der Waals surface area contributed by atoms with Crippen molar-refractivity contribution >= 4 is 40.5 Å². The van der Waals surface area contributed by atoms with Gasteiger partial charge in [-0.2, -0.15) is 0 Å². The molecule has 1 fully saturated rings. The minimum Gasteiger partial charge on any atom is -0.484 e. The van der Waals surface area contributed by atoms with Crippen LogP contribution in [0.15, 0.2) is 87.3 Å². The Morgan fingerprint density at radius 2 is 1.87 bits per heavy atom. The molecule has 0 radical (unpaired) electrons. The quantitative estimate of drug-likeness (QED) is 0.569. The highest BCUT2D eigenvalue weighted by Crippen LogP contribution is 2.35. The number of hydrogen-bond acceptors (Lipinski definition) is 6. The highest BCUT2D eigenvalue weighted by atomic mass is 32.2. The Bertz CT molecular complexity index is 1120. The number of para-hydroxylation sites is 1. The molecule has 7 nitrogen and oxygen atoms in total. The van der Waals surface area contributed by atoms with E-state index < -0.39 is 5.91 Å². The van der Waals surface area contributed by atoms with E-state index in [2.05, 4.69) is 4.99 Å². The predicted molar refractivity (Wildman–Crippen MR) is 119 cm³/mol. The number of aliphatic imine (C=N–C) groups is 1. The van der Waals surface area contributed by atoms with Crippen LogP contribution in [0.5, 0.6) is 5.75 Å². The molecule has 0 atom stereocenters. The topological polar surface area (TPSA) is 98.1 Å². The lowest BCUT2D eigenvalue weighted by Crippen LogP contribution is -2.28. The summed E-state index contributed by atoms with van der Waals surface area (Å²) in [6, 6.07) is 20.1. The number of primary amides is 1. The lowest BCUT2D eigenvalue weighted by molar-refractivity contribution is -0.123. The second-order valence-electron chi connectivity index (χ2n) is 6.64. The predicted octanol–water partition coefficient (Wildman–Crippen LogP) is 3.95. The third-order valence-corrected chi connectivity index (χ3v) is 5.33. The van der Waals surface area contributed by atoms with Gasteiger partial charge in [-0.1, -0.05) is 30.3 Å². The average Bonchev–Trinajstić information content (AvgIpc) is 3.38. The fourth-order valence-corrected chi connectivity index (χ4v) is 3.87. The summed E-state index contributed by atoms with van der Waals surface area (Å²) < 4.78 is 10.7. The molecule has 0 bridgehead atoms. The number of rotatable bonds is 7. The minimum absolute atomic E-state index is 0.148. The minimum atomic E-state index is -0.541. The maximum absolute atomic E-state index is 13.1. The number of carbonyl (C=O) groups is 2. The van der Waals surface area contributed by atoms with E-state index in [0.29, 0.717) is 28.1 Å². The van der Waals surface area contributed by atoms with Gasteiger partial charge in [0.15, 0.2) is 11.8 Å². The van der Waals surface area contributed by atoms with Crippen molar-refractivity contribution in [2.45, 2.75) is 6.54 Å². The Kier molecular flexibility index (Phi) is 6.18. The molecule has 1 saturated heterocycles. The Morgan fingerprint density at radius 1 is 1.10 bits per heavy atom. The molecule has 1 aliphatic heterocycles. The molecule has 156 valence electrons. The molecule has 8 heteroatoms. The van der Waals surface area contributed by atoms with Crippen molar-refractivity contribution in [3.63, 3.8) is 0 Å². The molecule has 0 aliphatic carbocycles. The Morgan fingerprint density at radius 3 is 2.55 bits per heavy atom. The second kappa shape index (κ2) is 9.36. The summed E-state index contributed by atoms with van der Waals surface area (Å²) in [5, 5.41) is 0.584. The van der Waals surface area contributed by atoms with E-state index in [1.165, 1.54) is 11.8 Å². The maximum Gasteiger partial charge on any atom is 0.267 e. The van der Waals surface area contributed by atoms with E-state index in [-0.39, 0.29) is 12.5 Å². The lowest BCUT2D eigenvalue weighted by Gasteiger charge is -2.13. The first-order valence-electron chi connectivity index (χ1n) is 9.47. The van der Waals surface area contributed by atoms with E-state index in [9.17, 15) is 9.59 Å². The highest BCUT2D eigenvalue weighted by Gasteiger charge is 2.34. The Hall–Kier alpha value is -3.78. The van der Waals surface area contributed by atoms with Gasteiger partial charge in [0.1, 0.15) is 11.5 Å². The van der Waals surface area contributed by atoms with Gasteiger partial charge in [-0.15, -0.1) is 0 Å². The van der Waals surface area contributed by atoms with Gasteiger partial charge in [0.05, 0.1) is 23.4 Å². The molecule has 4 rings (SSSR count). The normalized spacial score (nSPS) is 16.3. The van der Waals surface area contributed by atoms with Crippen LogP contribution in [0, 0.1) is 0 Å². The third-order valence-electron chi connectivity index (χ3n) is 4.32. The average molecular weight is 433 g/mol. The second-order valence-corrected chi connectivity index (χ2v) is 7.64. The highest BCUT2D eigenvalue weighted by molar-refractivity contribution is 8.18. The number of carbonyl (C=O) groups excluding carboxylic acids is 2. The van der Waals surface area contributed by atoms with E-state index >= 15 is 0 Å². The molecule has 3 aromatic rings. The molecular weight excluding hydrogens is 414 g/mol. The summed E-state index contributed by atoms with van der Waals surface area (Å²) >= 11 is 1.31. The molecule has 2 heterocycles. The molecule has 31 heavy (non-hydrogen) atoms. The molecule has 1 aromatic heterocycles. The van der Waals surface area contributed by atoms with Gasteiger partial charge in [0, 0.05) is 0 Å². The molecule has 0 unspecified atom stereocenters. The van der Waals surface area contributed by atoms with Crippen molar-refractivity contribution in [3.05, 3.63) is 89.2 Å². The summed E-state index contributed by atoms with van der Waals surface area (Å²) in [6.45, 7) is 0.109. The number of furan rings is 1. The summed E-state index contributed by atoms with van der Waals surface area (Å²) in [7, 11) is 0. The largest absolute Gasteiger partial charge is 0.484 e. The van der Waals surface area contributed by atoms with Crippen LogP contribution >= 0.6 is 11.8 Å². The Labute approximate surface area is 183 Å². The Balaban J connectivity index is 1.58. The lowest BCUT2D eigenvalue weighted by atomic mass is 10.2. The van der Waals surface area contributed by atoms with Crippen molar-refractivity contribution in [3.8, 4) is 5.75 Å². The number of amides is 2. The smallest absolute Gasteiger partial charge is 0.267 e. The van der Waals surface area contributed by atoms with E-state index in [1.54, 1.807) is 47.6 Å². The molecule has 2 amide bonds. The van der Waals surface area contributed by atoms with Crippen molar-refractivity contribution in [1.82, 2.24) is 4.90 Å².